The highest BCUT2D eigenvalue weighted by molar-refractivity contribution is 6.03. The van der Waals surface area contributed by atoms with Gasteiger partial charge in [0.15, 0.2) is 0 Å². The molecule has 5 nitrogen and oxygen atoms in total. The summed E-state index contributed by atoms with van der Waals surface area (Å²) in [4.78, 5) is 23.7. The largest absolute Gasteiger partial charge is 0.459 e. The molecular weight excluding hydrogens is 248 g/mol. The number of carbonyl (C=O) groups excluding carboxylic acids is 2. The van der Waals surface area contributed by atoms with Gasteiger partial charge in [0.05, 0.1) is 23.8 Å². The zero-order valence-corrected chi connectivity index (χ0v) is 11.3. The zero-order chi connectivity index (χ0) is 14.4. The molecule has 104 valence electrons. The van der Waals surface area contributed by atoms with Gasteiger partial charge in [0, 0.05) is 0 Å². The molecule has 0 saturated heterocycles. The van der Waals surface area contributed by atoms with Crippen LogP contribution in [0.3, 0.4) is 0 Å². The summed E-state index contributed by atoms with van der Waals surface area (Å²) in [5.41, 5.74) is 0.291. The smallest absolute Gasteiger partial charge is 0.339 e. The minimum absolute atomic E-state index is 0.133. The predicted molar refractivity (Wildman–Crippen MR) is 69.0 cm³/mol. The van der Waals surface area contributed by atoms with E-state index in [1.54, 1.807) is 32.9 Å². The molecule has 19 heavy (non-hydrogen) atoms. The van der Waals surface area contributed by atoms with Crippen LogP contribution in [-0.2, 0) is 9.47 Å². The Morgan fingerprint density at radius 3 is 1.95 bits per heavy atom. The second-order valence-electron chi connectivity index (χ2n) is 4.40. The number of benzene rings is 1. The second-order valence-corrected chi connectivity index (χ2v) is 4.40. The normalized spacial score (nSPS) is 12.1. The summed E-state index contributed by atoms with van der Waals surface area (Å²) in [5, 5.41) is 8.86. The van der Waals surface area contributed by atoms with Gasteiger partial charge in [0.2, 0.25) is 0 Å². The molecule has 1 unspecified atom stereocenters. The standard InChI is InChI=1S/C14H18O5/c1-9(2)18-13(16)11-6-4-5-7-12(11)14(17)19-10(3)8-15/h4-7,9-10,15H,8H2,1-3H3. The van der Waals surface area contributed by atoms with Gasteiger partial charge in [-0.25, -0.2) is 9.59 Å². The molecule has 1 atom stereocenters. The maximum Gasteiger partial charge on any atom is 0.339 e. The van der Waals surface area contributed by atoms with Gasteiger partial charge >= 0.3 is 11.9 Å². The van der Waals surface area contributed by atoms with Crippen LogP contribution in [0.25, 0.3) is 0 Å². The van der Waals surface area contributed by atoms with Crippen LogP contribution in [0.4, 0.5) is 0 Å². The topological polar surface area (TPSA) is 72.8 Å². The number of aliphatic hydroxyl groups excluding tert-OH is 1. The van der Waals surface area contributed by atoms with Crippen molar-refractivity contribution in [3.05, 3.63) is 35.4 Å². The maximum atomic E-state index is 11.9. The number of hydrogen-bond donors (Lipinski definition) is 1. The molecule has 5 heteroatoms. The summed E-state index contributed by atoms with van der Waals surface area (Å²) < 4.78 is 10.0. The minimum atomic E-state index is -0.655. The Morgan fingerprint density at radius 2 is 1.53 bits per heavy atom. The summed E-state index contributed by atoms with van der Waals surface area (Å²) >= 11 is 0. The van der Waals surface area contributed by atoms with Crippen LogP contribution < -0.4 is 0 Å². The Labute approximate surface area is 112 Å². The van der Waals surface area contributed by atoms with Crippen LogP contribution in [0, 0.1) is 0 Å². The van der Waals surface area contributed by atoms with Crippen LogP contribution in [0.5, 0.6) is 0 Å². The SMILES string of the molecule is CC(C)OC(=O)c1ccccc1C(=O)OC(C)CO. The lowest BCUT2D eigenvalue weighted by Crippen LogP contribution is -2.21. The van der Waals surface area contributed by atoms with E-state index >= 15 is 0 Å². The summed E-state index contributed by atoms with van der Waals surface area (Å²) in [6, 6.07) is 6.27. The van der Waals surface area contributed by atoms with Gasteiger partial charge < -0.3 is 14.6 Å². The molecule has 0 aliphatic heterocycles. The van der Waals surface area contributed by atoms with E-state index in [2.05, 4.69) is 0 Å². The maximum absolute atomic E-state index is 11.9. The van der Waals surface area contributed by atoms with Crippen LogP contribution in [-0.4, -0.2) is 35.9 Å². The summed E-state index contributed by atoms with van der Waals surface area (Å²) in [5.74, 6) is -1.22. The Kier molecular flexibility index (Phi) is 5.51. The van der Waals surface area contributed by atoms with E-state index in [4.69, 9.17) is 14.6 Å². The molecule has 0 aromatic heterocycles. The number of rotatable bonds is 5. The average Bonchev–Trinajstić information content (AvgIpc) is 2.37. The van der Waals surface area contributed by atoms with E-state index in [1.165, 1.54) is 12.1 Å². The molecule has 0 spiro atoms. The van der Waals surface area contributed by atoms with Gasteiger partial charge in [0.1, 0.15) is 6.10 Å². The Balaban J connectivity index is 2.95. The van der Waals surface area contributed by atoms with E-state index in [9.17, 15) is 9.59 Å². The quantitative estimate of drug-likeness (QED) is 0.822. The van der Waals surface area contributed by atoms with Crippen molar-refractivity contribution >= 4 is 11.9 Å². The molecule has 0 amide bonds. The predicted octanol–water partition coefficient (Wildman–Crippen LogP) is 1.79. The third-order valence-electron chi connectivity index (χ3n) is 2.27. The first-order valence-corrected chi connectivity index (χ1v) is 6.07. The molecule has 0 heterocycles. The molecule has 0 radical (unpaired) electrons. The molecule has 1 N–H and O–H groups in total. The van der Waals surface area contributed by atoms with Crippen LogP contribution in [0.15, 0.2) is 24.3 Å². The average molecular weight is 266 g/mol. The van der Waals surface area contributed by atoms with Gasteiger partial charge in [-0.1, -0.05) is 12.1 Å². The fourth-order valence-electron chi connectivity index (χ4n) is 1.40. The molecule has 1 aromatic carbocycles. The Morgan fingerprint density at radius 1 is 1.05 bits per heavy atom. The third-order valence-corrected chi connectivity index (χ3v) is 2.27. The van der Waals surface area contributed by atoms with Gasteiger partial charge in [-0.2, -0.15) is 0 Å². The van der Waals surface area contributed by atoms with E-state index in [0.29, 0.717) is 0 Å². The molecule has 1 aromatic rings. The van der Waals surface area contributed by atoms with Crippen molar-refractivity contribution in [3.8, 4) is 0 Å². The molecular formula is C14H18O5. The lowest BCUT2D eigenvalue weighted by atomic mass is 10.1. The van der Waals surface area contributed by atoms with Crippen LogP contribution >= 0.6 is 0 Å². The lowest BCUT2D eigenvalue weighted by Gasteiger charge is -2.13. The van der Waals surface area contributed by atoms with Gasteiger partial charge in [-0.15, -0.1) is 0 Å². The molecule has 0 saturated carbocycles. The molecule has 0 aliphatic carbocycles. The van der Waals surface area contributed by atoms with Crippen LogP contribution in [0.2, 0.25) is 0 Å². The highest BCUT2D eigenvalue weighted by Gasteiger charge is 2.20. The number of aliphatic hydroxyl groups is 1. The first-order valence-electron chi connectivity index (χ1n) is 6.07. The molecule has 0 bridgehead atoms. The van der Waals surface area contributed by atoms with Gasteiger partial charge in [-0.05, 0) is 32.9 Å². The summed E-state index contributed by atoms with van der Waals surface area (Å²) in [7, 11) is 0. The van der Waals surface area contributed by atoms with Crippen LogP contribution in [0.1, 0.15) is 41.5 Å². The van der Waals surface area contributed by atoms with Crippen molar-refractivity contribution in [3.63, 3.8) is 0 Å². The monoisotopic (exact) mass is 266 g/mol. The molecule has 1 rings (SSSR count). The van der Waals surface area contributed by atoms with Gasteiger partial charge in [0.25, 0.3) is 0 Å². The molecule has 0 aliphatic rings. The van der Waals surface area contributed by atoms with Gasteiger partial charge in [-0.3, -0.25) is 0 Å². The van der Waals surface area contributed by atoms with Crippen molar-refractivity contribution in [1.82, 2.24) is 0 Å². The summed E-state index contributed by atoms with van der Waals surface area (Å²) in [6.07, 6.45) is -0.894. The zero-order valence-electron chi connectivity index (χ0n) is 11.3. The van der Waals surface area contributed by atoms with Crippen molar-refractivity contribution < 1.29 is 24.2 Å². The summed E-state index contributed by atoms with van der Waals surface area (Å²) in [6.45, 7) is 4.75. The number of esters is 2. The number of carbonyl (C=O) groups is 2. The number of ether oxygens (including phenoxy) is 2. The van der Waals surface area contributed by atoms with Crippen molar-refractivity contribution in [2.24, 2.45) is 0 Å². The minimum Gasteiger partial charge on any atom is -0.459 e. The highest BCUT2D eigenvalue weighted by Crippen LogP contribution is 2.13. The fourth-order valence-corrected chi connectivity index (χ4v) is 1.40. The lowest BCUT2D eigenvalue weighted by molar-refractivity contribution is 0.0186. The fraction of sp³-hybridized carbons (Fsp3) is 0.429. The van der Waals surface area contributed by atoms with E-state index in [1.807, 2.05) is 0 Å². The van der Waals surface area contributed by atoms with E-state index in [-0.39, 0.29) is 23.8 Å². The molecule has 0 fully saturated rings. The van der Waals surface area contributed by atoms with E-state index < -0.39 is 18.0 Å². The first kappa shape index (κ1) is 15.2. The number of hydrogen-bond acceptors (Lipinski definition) is 5. The van der Waals surface area contributed by atoms with Crippen molar-refractivity contribution in [1.29, 1.82) is 0 Å². The van der Waals surface area contributed by atoms with Crippen molar-refractivity contribution in [2.45, 2.75) is 33.0 Å². The highest BCUT2D eigenvalue weighted by atomic mass is 16.6. The third kappa shape index (κ3) is 4.37. The Hall–Kier alpha value is -1.88. The van der Waals surface area contributed by atoms with Crippen molar-refractivity contribution in [2.75, 3.05) is 6.61 Å². The first-order chi connectivity index (χ1) is 8.95. The van der Waals surface area contributed by atoms with E-state index in [0.717, 1.165) is 0 Å². The Bertz CT molecular complexity index is 453. The second kappa shape index (κ2) is 6.89.